The van der Waals surface area contributed by atoms with E-state index in [1.165, 1.54) is 134 Å². The second kappa shape index (κ2) is 50.6. The molecule has 1 saturated heterocycles. The molecule has 0 amide bonds. The van der Waals surface area contributed by atoms with Gasteiger partial charge in [-0.05, 0) is 246 Å². The van der Waals surface area contributed by atoms with Crippen LogP contribution in [0, 0.1) is 46.8 Å². The van der Waals surface area contributed by atoms with Crippen LogP contribution in [0.5, 0.6) is 5.75 Å². The molecular weight excluding hydrogens is 1670 g/mol. The number of nitrogens with zero attached hydrogens (tertiary/aromatic N) is 1. The number of morpholine rings is 1. The van der Waals surface area contributed by atoms with E-state index in [9.17, 15) is 37.5 Å². The number of para-hydroxylation sites is 1. The van der Waals surface area contributed by atoms with E-state index in [0.29, 0.717) is 67.8 Å². The summed E-state index contributed by atoms with van der Waals surface area (Å²) in [6.07, 6.45) is 22.1. The Hall–Kier alpha value is -10.4. The van der Waals surface area contributed by atoms with E-state index in [1.807, 2.05) is 0 Å². The van der Waals surface area contributed by atoms with Crippen molar-refractivity contribution < 1.29 is 76.9 Å². The first-order chi connectivity index (χ1) is 62.1. The summed E-state index contributed by atoms with van der Waals surface area (Å²) in [5.41, 5.74) is -1.15. The van der Waals surface area contributed by atoms with Crippen molar-refractivity contribution in [1.29, 1.82) is 0 Å². The lowest BCUT2D eigenvalue weighted by Crippen LogP contribution is -2.54. The standard InChI is InChI=1S/C18H35NO3.3C18H15S.C17H24F2O4.C12H16O4.C7H6O3/c1-2-3-4-5-6-7-8-9-10-11-18(20)22-17-14-19-12-15-21-16-13-19;3*1-4-10-16(11-5-1)19(17-12-6-2-7-13-17)18-14-8-3-9-15-18;1-9(2)13(17(18,19)14(20)21)23-15(22)16-6-10-3-11(7-16)5-12(4-10)8-16;13-10(14)11(15)16-12-4-7-1-8(5-12)3-9(2-7)6-12;8-6-4-2-1-3-5(6)7(9)10/h2-17H2,1H3;3*1-15H;9-13H,3-8H2,1-2H3,(H,20,21);7-9H,1-6H2,(H,13,14);1-4,8H,(H,9,10)/q;3*+1;;;. The molecule has 1 heterocycles. The van der Waals surface area contributed by atoms with E-state index >= 15 is 0 Å². The van der Waals surface area contributed by atoms with Crippen LogP contribution in [-0.2, 0) is 75.6 Å². The maximum Gasteiger partial charge on any atom is 0.417 e. The molecule has 9 fully saturated rings. The molecular formula is C108H126F2NO14S3+3. The lowest BCUT2D eigenvalue weighted by molar-refractivity contribution is -0.211. The fraction of sp³-hybridized carbons (Fsp3) is 0.389. The number of hydrogen-bond donors (Lipinski definition) is 4. The molecule has 676 valence electrons. The number of alkyl halides is 2. The Morgan fingerprint density at radius 3 is 1.01 bits per heavy atom. The van der Waals surface area contributed by atoms with Gasteiger partial charge in [0.25, 0.3) is 0 Å². The van der Waals surface area contributed by atoms with Crippen LogP contribution in [-0.4, -0.2) is 118 Å². The van der Waals surface area contributed by atoms with Gasteiger partial charge in [0.1, 0.15) is 23.5 Å². The number of esters is 3. The van der Waals surface area contributed by atoms with Gasteiger partial charge in [0.05, 0.1) is 51.3 Å². The van der Waals surface area contributed by atoms with Crippen molar-refractivity contribution in [3.8, 4) is 5.75 Å². The smallest absolute Gasteiger partial charge is 0.417 e. The first kappa shape index (κ1) is 98.2. The molecule has 1 aliphatic heterocycles. The number of halogens is 2. The van der Waals surface area contributed by atoms with Crippen LogP contribution in [0.4, 0.5) is 8.78 Å². The third-order valence-corrected chi connectivity index (χ3v) is 31.3. The number of hydrogen-bond acceptors (Lipinski definition) is 12. The average Bonchev–Trinajstić information content (AvgIpc) is 0.737. The molecule has 10 aromatic rings. The van der Waals surface area contributed by atoms with Crippen molar-refractivity contribution in [3.05, 3.63) is 303 Å². The number of phenols is 1. The van der Waals surface area contributed by atoms with E-state index in [4.69, 9.17) is 39.4 Å². The Bertz CT molecular complexity index is 4330. The molecule has 4 N–H and O–H groups in total. The van der Waals surface area contributed by atoms with Gasteiger partial charge in [-0.1, -0.05) is 248 Å². The number of benzene rings is 10. The highest BCUT2D eigenvalue weighted by atomic mass is 32.2. The summed E-state index contributed by atoms with van der Waals surface area (Å²) in [6, 6.07) is 102. The summed E-state index contributed by atoms with van der Waals surface area (Å²) in [5, 5.41) is 34.7. The Morgan fingerprint density at radius 1 is 0.430 bits per heavy atom. The number of aliphatic carboxylic acids is 2. The molecule has 15 nitrogen and oxygen atoms in total. The lowest BCUT2D eigenvalue weighted by Gasteiger charge is -2.55. The minimum atomic E-state index is -4.06. The van der Waals surface area contributed by atoms with Crippen molar-refractivity contribution >= 4 is 68.5 Å². The van der Waals surface area contributed by atoms with Crippen molar-refractivity contribution in [2.45, 2.75) is 224 Å². The molecule has 8 aliphatic carbocycles. The van der Waals surface area contributed by atoms with Gasteiger partial charge in [-0.15, -0.1) is 0 Å². The zero-order valence-electron chi connectivity index (χ0n) is 74.0. The Morgan fingerprint density at radius 2 is 0.727 bits per heavy atom. The van der Waals surface area contributed by atoms with Gasteiger partial charge in [0.15, 0.2) is 50.2 Å². The molecule has 1 atom stereocenters. The minimum absolute atomic E-state index is 0.0146. The van der Waals surface area contributed by atoms with E-state index in [2.05, 4.69) is 285 Å². The number of ether oxygens (including phenoxy) is 4. The second-order valence-electron chi connectivity index (χ2n) is 34.8. The van der Waals surface area contributed by atoms with Gasteiger partial charge < -0.3 is 39.4 Å². The average molecular weight is 1800 g/mol. The summed E-state index contributed by atoms with van der Waals surface area (Å²) in [7, 11) is -0.0439. The minimum Gasteiger partial charge on any atom is -0.507 e. The van der Waals surface area contributed by atoms with E-state index in [1.54, 1.807) is 12.1 Å². The van der Waals surface area contributed by atoms with Crippen molar-refractivity contribution in [2.24, 2.45) is 46.8 Å². The highest BCUT2D eigenvalue weighted by molar-refractivity contribution is 7.97. The highest BCUT2D eigenvalue weighted by Gasteiger charge is 2.59. The summed E-state index contributed by atoms with van der Waals surface area (Å²) >= 11 is 0. The molecule has 1 unspecified atom stereocenters. The maximum atomic E-state index is 13.9. The Kier molecular flexibility index (Phi) is 38.8. The van der Waals surface area contributed by atoms with Gasteiger partial charge in [-0.3, -0.25) is 14.5 Å². The number of aromatic hydroxyl groups is 1. The van der Waals surface area contributed by atoms with Crippen LogP contribution in [0.2, 0.25) is 0 Å². The Labute approximate surface area is 763 Å². The largest absolute Gasteiger partial charge is 0.507 e. The van der Waals surface area contributed by atoms with E-state index < -0.39 is 58.8 Å². The van der Waals surface area contributed by atoms with Crippen molar-refractivity contribution in [1.82, 2.24) is 4.90 Å². The normalized spacial score (nSPS) is 20.4. The summed E-state index contributed by atoms with van der Waals surface area (Å²) < 4.78 is 48.8. The summed E-state index contributed by atoms with van der Waals surface area (Å²) in [6.45, 7) is 10.0. The fourth-order valence-corrected chi connectivity index (χ4v) is 25.7. The number of carbonyl (C=O) groups excluding carboxylic acids is 3. The highest BCUT2D eigenvalue weighted by Crippen LogP contribution is 2.61. The number of aromatic carboxylic acids is 1. The number of carbonyl (C=O) groups is 6. The van der Waals surface area contributed by atoms with Crippen LogP contribution in [0.1, 0.15) is 172 Å². The first-order valence-corrected chi connectivity index (χ1v) is 49.2. The quantitative estimate of drug-likeness (QED) is 0.0112. The second-order valence-corrected chi connectivity index (χ2v) is 40.9. The molecule has 9 aliphatic rings. The van der Waals surface area contributed by atoms with E-state index in [-0.39, 0.29) is 50.0 Å². The van der Waals surface area contributed by atoms with Crippen LogP contribution < -0.4 is 0 Å². The van der Waals surface area contributed by atoms with Gasteiger partial charge >= 0.3 is 41.7 Å². The lowest BCUT2D eigenvalue weighted by atomic mass is 9.49. The van der Waals surface area contributed by atoms with Gasteiger partial charge in [0, 0.05) is 26.1 Å². The molecule has 0 aromatic heterocycles. The third kappa shape index (κ3) is 29.6. The topological polar surface area (TPSA) is 223 Å². The number of carboxylic acids is 3. The molecule has 0 radical (unpaired) electrons. The number of unbranched alkanes of at least 4 members (excludes halogenated alkanes) is 8. The molecule has 10 aromatic carbocycles. The molecule has 20 heteroatoms. The van der Waals surface area contributed by atoms with Crippen molar-refractivity contribution in [2.75, 3.05) is 39.5 Å². The number of carboxylic acid groups (broad SMARTS) is 3. The van der Waals surface area contributed by atoms with E-state index in [0.717, 1.165) is 84.2 Å². The monoisotopic (exact) mass is 1790 g/mol. The molecule has 8 bridgehead atoms. The molecule has 8 saturated carbocycles. The molecule has 0 spiro atoms. The summed E-state index contributed by atoms with van der Waals surface area (Å²) in [4.78, 5) is 81.8. The van der Waals surface area contributed by atoms with Gasteiger partial charge in [0.2, 0.25) is 0 Å². The van der Waals surface area contributed by atoms with Crippen molar-refractivity contribution in [3.63, 3.8) is 0 Å². The molecule has 128 heavy (non-hydrogen) atoms. The summed E-state index contributed by atoms with van der Waals surface area (Å²) in [5.74, 6) is -8.09. The predicted octanol–water partition coefficient (Wildman–Crippen LogP) is 24.3. The van der Waals surface area contributed by atoms with Crippen LogP contribution in [0.25, 0.3) is 0 Å². The number of rotatable bonds is 29. The van der Waals surface area contributed by atoms with Crippen LogP contribution in [0.15, 0.2) is 341 Å². The van der Waals surface area contributed by atoms with Gasteiger partial charge in [-0.25, -0.2) is 19.2 Å². The van der Waals surface area contributed by atoms with Crippen LogP contribution >= 0.6 is 0 Å². The fourth-order valence-electron chi connectivity index (χ4n) is 19.4. The molecule has 19 rings (SSSR count). The third-order valence-electron chi connectivity index (χ3n) is 24.6. The maximum absolute atomic E-state index is 13.9. The SMILES string of the molecule is CC(C)C(OC(=O)C12CC3CC(CC(C3)C1)C2)C(F)(F)C(=O)O.CCCCCCCCCCCC(=O)OCCN1CCOCC1.O=C(O)C(=O)OC12CC3CC(CC(C3)C1)C2.O=C(O)c1ccccc1O.c1ccc([S+](c2ccccc2)c2ccccc2)cc1.c1ccc([S+](c2ccccc2)c2ccccc2)cc1.c1ccc([S+](c2ccccc2)c2ccccc2)cc1. The first-order valence-electron chi connectivity index (χ1n) is 45.5. The zero-order valence-corrected chi connectivity index (χ0v) is 76.5. The Balaban J connectivity index is 0.000000146. The predicted molar refractivity (Wildman–Crippen MR) is 502 cm³/mol. The van der Waals surface area contributed by atoms with Crippen LogP contribution in [0.3, 0.4) is 0 Å². The van der Waals surface area contributed by atoms with Gasteiger partial charge in [-0.2, -0.15) is 8.78 Å². The zero-order chi connectivity index (χ0) is 90.5.